The fraction of sp³-hybridized carbons (Fsp3) is 0.200. The van der Waals surface area contributed by atoms with Gasteiger partial charge in [0.1, 0.15) is 0 Å². The minimum atomic E-state index is 0.572. The summed E-state index contributed by atoms with van der Waals surface area (Å²) >= 11 is 5.98. The highest BCUT2D eigenvalue weighted by Crippen LogP contribution is 2.29. The van der Waals surface area contributed by atoms with Gasteiger partial charge < -0.3 is 11.1 Å². The number of nitrogen functional groups attached to an aromatic ring is 1. The predicted molar refractivity (Wildman–Crippen MR) is 79.6 cm³/mol. The molecule has 0 aromatic heterocycles. The van der Waals surface area contributed by atoms with Crippen molar-refractivity contribution in [1.82, 2.24) is 0 Å². The highest BCUT2D eigenvalue weighted by molar-refractivity contribution is 6.33. The first-order valence-corrected chi connectivity index (χ1v) is 6.48. The summed E-state index contributed by atoms with van der Waals surface area (Å²) in [6, 6.07) is 14.0. The largest absolute Gasteiger partial charge is 0.396 e. The molecule has 0 heterocycles. The van der Waals surface area contributed by atoms with E-state index in [0.717, 1.165) is 24.2 Å². The molecule has 2 rings (SSSR count). The van der Waals surface area contributed by atoms with E-state index >= 15 is 0 Å². The molecule has 0 saturated heterocycles. The smallest absolute Gasteiger partial charge is 0.0742 e. The molecule has 0 radical (unpaired) electrons. The molecule has 0 bridgehead atoms. The van der Waals surface area contributed by atoms with E-state index < -0.39 is 0 Å². The zero-order valence-corrected chi connectivity index (χ0v) is 11.2. The zero-order valence-electron chi connectivity index (χ0n) is 10.4. The Hall–Kier alpha value is -1.67. The quantitative estimate of drug-likeness (QED) is 0.788. The summed E-state index contributed by atoms with van der Waals surface area (Å²) in [5, 5.41) is 3.84. The highest BCUT2D eigenvalue weighted by Gasteiger charge is 2.03. The summed E-state index contributed by atoms with van der Waals surface area (Å²) in [4.78, 5) is 0. The van der Waals surface area contributed by atoms with Crippen LogP contribution in [0.25, 0.3) is 0 Å². The third kappa shape index (κ3) is 2.96. The first-order chi connectivity index (χ1) is 8.70. The highest BCUT2D eigenvalue weighted by atomic mass is 35.5. The van der Waals surface area contributed by atoms with Gasteiger partial charge in [-0.15, -0.1) is 0 Å². The van der Waals surface area contributed by atoms with Crippen LogP contribution in [-0.2, 0) is 6.42 Å². The number of halogens is 1. The zero-order chi connectivity index (χ0) is 13.0. The molecule has 0 spiro atoms. The van der Waals surface area contributed by atoms with E-state index in [1.165, 1.54) is 5.56 Å². The number of rotatable bonds is 4. The van der Waals surface area contributed by atoms with Crippen molar-refractivity contribution in [3.05, 3.63) is 53.1 Å². The molecule has 0 unspecified atom stereocenters. The third-order valence-corrected chi connectivity index (χ3v) is 3.15. The number of aryl methyl sites for hydroxylation is 1. The van der Waals surface area contributed by atoms with Crippen molar-refractivity contribution in [2.75, 3.05) is 11.1 Å². The lowest BCUT2D eigenvalue weighted by Crippen LogP contribution is -1.97. The van der Waals surface area contributed by atoms with E-state index in [9.17, 15) is 0 Å². The molecule has 3 heteroatoms. The number of hydrogen-bond acceptors (Lipinski definition) is 2. The van der Waals surface area contributed by atoms with Crippen LogP contribution in [0.1, 0.15) is 18.9 Å². The van der Waals surface area contributed by atoms with Crippen molar-refractivity contribution in [2.45, 2.75) is 19.8 Å². The van der Waals surface area contributed by atoms with Crippen LogP contribution >= 0.6 is 11.6 Å². The van der Waals surface area contributed by atoms with Gasteiger partial charge in [0, 0.05) is 5.69 Å². The van der Waals surface area contributed by atoms with Gasteiger partial charge in [0.05, 0.1) is 16.4 Å². The normalized spacial score (nSPS) is 10.3. The Kier molecular flexibility index (Phi) is 4.11. The maximum absolute atomic E-state index is 5.98. The molecule has 0 atom stereocenters. The molecular weight excluding hydrogens is 244 g/mol. The minimum absolute atomic E-state index is 0.572. The van der Waals surface area contributed by atoms with Crippen LogP contribution < -0.4 is 11.1 Å². The average Bonchev–Trinajstić information content (AvgIpc) is 2.38. The van der Waals surface area contributed by atoms with Gasteiger partial charge in [-0.3, -0.25) is 0 Å². The fourth-order valence-corrected chi connectivity index (χ4v) is 2.02. The SMILES string of the molecule is CCCc1ccc(Nc2cccc(Cl)c2N)cc1. The Labute approximate surface area is 113 Å². The van der Waals surface area contributed by atoms with Crippen LogP contribution in [0.2, 0.25) is 5.02 Å². The van der Waals surface area contributed by atoms with Gasteiger partial charge in [-0.25, -0.2) is 0 Å². The molecule has 0 amide bonds. The standard InChI is InChI=1S/C15H17ClN2/c1-2-4-11-7-9-12(10-8-11)18-14-6-3-5-13(16)15(14)17/h3,5-10,18H,2,4,17H2,1H3. The molecule has 0 aliphatic rings. The van der Waals surface area contributed by atoms with Crippen molar-refractivity contribution >= 4 is 28.7 Å². The van der Waals surface area contributed by atoms with Crippen LogP contribution in [0.4, 0.5) is 17.1 Å². The molecule has 0 saturated carbocycles. The van der Waals surface area contributed by atoms with E-state index in [1.54, 1.807) is 6.07 Å². The molecule has 3 N–H and O–H groups in total. The van der Waals surface area contributed by atoms with E-state index in [0.29, 0.717) is 10.7 Å². The molecule has 18 heavy (non-hydrogen) atoms. The van der Waals surface area contributed by atoms with E-state index in [4.69, 9.17) is 17.3 Å². The number of benzene rings is 2. The lowest BCUT2D eigenvalue weighted by atomic mass is 10.1. The number of anilines is 3. The summed E-state index contributed by atoms with van der Waals surface area (Å²) in [7, 11) is 0. The van der Waals surface area contributed by atoms with Crippen LogP contribution in [0.3, 0.4) is 0 Å². The number of hydrogen-bond donors (Lipinski definition) is 2. The second-order valence-corrected chi connectivity index (χ2v) is 4.68. The van der Waals surface area contributed by atoms with Gasteiger partial charge in [0.25, 0.3) is 0 Å². The first kappa shape index (κ1) is 12.8. The second kappa shape index (κ2) is 5.78. The van der Waals surface area contributed by atoms with Gasteiger partial charge in [-0.1, -0.05) is 43.1 Å². The van der Waals surface area contributed by atoms with Gasteiger partial charge in [-0.2, -0.15) is 0 Å². The summed E-state index contributed by atoms with van der Waals surface area (Å²) in [6.07, 6.45) is 2.27. The van der Waals surface area contributed by atoms with Gasteiger partial charge >= 0.3 is 0 Å². The van der Waals surface area contributed by atoms with Crippen molar-refractivity contribution in [1.29, 1.82) is 0 Å². The van der Waals surface area contributed by atoms with Crippen molar-refractivity contribution in [3.63, 3.8) is 0 Å². The summed E-state index contributed by atoms with van der Waals surface area (Å²) in [5.74, 6) is 0. The molecule has 2 nitrogen and oxygen atoms in total. The lowest BCUT2D eigenvalue weighted by molar-refractivity contribution is 0.922. The second-order valence-electron chi connectivity index (χ2n) is 4.27. The summed E-state index contributed by atoms with van der Waals surface area (Å²) in [5.41, 5.74) is 9.70. The summed E-state index contributed by atoms with van der Waals surface area (Å²) in [6.45, 7) is 2.18. The number of para-hydroxylation sites is 1. The number of nitrogens with one attached hydrogen (secondary N) is 1. The Morgan fingerprint density at radius 2 is 1.83 bits per heavy atom. The van der Waals surface area contributed by atoms with Gasteiger partial charge in [0.15, 0.2) is 0 Å². The van der Waals surface area contributed by atoms with Gasteiger partial charge in [0.2, 0.25) is 0 Å². The van der Waals surface area contributed by atoms with Crippen molar-refractivity contribution < 1.29 is 0 Å². The van der Waals surface area contributed by atoms with Gasteiger partial charge in [-0.05, 0) is 36.2 Å². The first-order valence-electron chi connectivity index (χ1n) is 6.10. The van der Waals surface area contributed by atoms with Crippen LogP contribution in [0, 0.1) is 0 Å². The Morgan fingerprint density at radius 1 is 1.11 bits per heavy atom. The van der Waals surface area contributed by atoms with E-state index in [-0.39, 0.29) is 0 Å². The number of nitrogens with two attached hydrogens (primary N) is 1. The van der Waals surface area contributed by atoms with E-state index in [2.05, 4.69) is 36.5 Å². The monoisotopic (exact) mass is 260 g/mol. The Balaban J connectivity index is 2.16. The van der Waals surface area contributed by atoms with Crippen molar-refractivity contribution in [3.8, 4) is 0 Å². The summed E-state index contributed by atoms with van der Waals surface area (Å²) < 4.78 is 0. The molecule has 0 aliphatic carbocycles. The third-order valence-electron chi connectivity index (χ3n) is 2.82. The Bertz CT molecular complexity index is 521. The molecule has 2 aromatic rings. The minimum Gasteiger partial charge on any atom is -0.396 e. The van der Waals surface area contributed by atoms with E-state index in [1.807, 2.05) is 12.1 Å². The molecule has 0 aliphatic heterocycles. The van der Waals surface area contributed by atoms with Crippen LogP contribution in [0.5, 0.6) is 0 Å². The molecular formula is C15H17ClN2. The van der Waals surface area contributed by atoms with Crippen molar-refractivity contribution in [2.24, 2.45) is 0 Å². The molecule has 0 fully saturated rings. The predicted octanol–water partition coefficient (Wildman–Crippen LogP) is 4.62. The maximum Gasteiger partial charge on any atom is 0.0742 e. The molecule has 94 valence electrons. The average molecular weight is 261 g/mol. The topological polar surface area (TPSA) is 38.0 Å². The maximum atomic E-state index is 5.98. The van der Waals surface area contributed by atoms with Crippen LogP contribution in [0.15, 0.2) is 42.5 Å². The lowest BCUT2D eigenvalue weighted by Gasteiger charge is -2.10. The Morgan fingerprint density at radius 3 is 2.50 bits per heavy atom. The van der Waals surface area contributed by atoms with Crippen LogP contribution in [-0.4, -0.2) is 0 Å². The fourth-order valence-electron chi connectivity index (χ4n) is 1.84. The molecule has 2 aromatic carbocycles.